The van der Waals surface area contributed by atoms with E-state index in [2.05, 4.69) is 10.3 Å². The molecule has 2 aromatic rings. The van der Waals surface area contributed by atoms with Gasteiger partial charge in [0.1, 0.15) is 11.5 Å². The lowest BCUT2D eigenvalue weighted by Gasteiger charge is -2.06. The summed E-state index contributed by atoms with van der Waals surface area (Å²) in [6.07, 6.45) is 0. The summed E-state index contributed by atoms with van der Waals surface area (Å²) in [6.45, 7) is 2.30. The second-order valence-corrected chi connectivity index (χ2v) is 4.57. The van der Waals surface area contributed by atoms with Crippen molar-refractivity contribution in [2.75, 3.05) is 5.32 Å². The van der Waals surface area contributed by atoms with Gasteiger partial charge in [-0.25, -0.2) is 9.37 Å². The topological polar surface area (TPSA) is 68.1 Å². The second kappa shape index (κ2) is 5.09. The number of nitrogens with zero attached hydrogens (tertiary/aromatic N) is 2. The van der Waals surface area contributed by atoms with Crippen molar-refractivity contribution in [2.24, 2.45) is 0 Å². The number of aromatic nitrogens is 1. The highest BCUT2D eigenvalue weighted by Gasteiger charge is 2.15. The Balaban J connectivity index is 2.19. The largest absolute Gasteiger partial charge is 0.375 e. The molecule has 0 saturated heterocycles. The van der Waals surface area contributed by atoms with Gasteiger partial charge in [0, 0.05) is 4.88 Å². The standard InChI is InChI=1S/C11H10FN3O2S/c1-7-11(18-6-14-7)5-13-9-3-2-8(12)4-10(9)15(16)17/h2-4,6,13H,5H2,1H3. The highest BCUT2D eigenvalue weighted by molar-refractivity contribution is 7.09. The smallest absolute Gasteiger partial charge is 0.295 e. The van der Waals surface area contributed by atoms with Crippen LogP contribution in [-0.2, 0) is 6.54 Å². The Bertz CT molecular complexity index is 585. The number of nitro benzene ring substituents is 1. The molecular formula is C11H10FN3O2S. The molecule has 0 aliphatic rings. The third-order valence-corrected chi connectivity index (χ3v) is 3.38. The van der Waals surface area contributed by atoms with Crippen LogP contribution in [0, 0.1) is 22.9 Å². The minimum Gasteiger partial charge on any atom is -0.375 e. The molecule has 0 bridgehead atoms. The fraction of sp³-hybridized carbons (Fsp3) is 0.182. The van der Waals surface area contributed by atoms with Gasteiger partial charge in [0.25, 0.3) is 5.69 Å². The number of benzene rings is 1. The molecular weight excluding hydrogens is 257 g/mol. The first-order valence-electron chi connectivity index (χ1n) is 5.14. The molecule has 2 rings (SSSR count). The van der Waals surface area contributed by atoms with Crippen LogP contribution in [-0.4, -0.2) is 9.91 Å². The molecule has 7 heteroatoms. The van der Waals surface area contributed by atoms with Gasteiger partial charge in [0.05, 0.1) is 28.7 Å². The summed E-state index contributed by atoms with van der Waals surface area (Å²) in [5, 5.41) is 13.7. The molecule has 0 aliphatic heterocycles. The number of halogens is 1. The van der Waals surface area contributed by atoms with Crippen LogP contribution in [0.2, 0.25) is 0 Å². The summed E-state index contributed by atoms with van der Waals surface area (Å²) in [5.41, 5.74) is 2.63. The van der Waals surface area contributed by atoms with E-state index in [0.717, 1.165) is 16.6 Å². The van der Waals surface area contributed by atoms with E-state index < -0.39 is 10.7 Å². The van der Waals surface area contributed by atoms with Crippen LogP contribution in [0.25, 0.3) is 0 Å². The van der Waals surface area contributed by atoms with Crippen molar-refractivity contribution in [2.45, 2.75) is 13.5 Å². The fourth-order valence-electron chi connectivity index (χ4n) is 1.48. The number of aryl methyl sites for hydroxylation is 1. The highest BCUT2D eigenvalue weighted by Crippen LogP contribution is 2.26. The number of anilines is 1. The van der Waals surface area contributed by atoms with Crippen molar-refractivity contribution in [3.05, 3.63) is 50.2 Å². The lowest BCUT2D eigenvalue weighted by molar-refractivity contribution is -0.384. The second-order valence-electron chi connectivity index (χ2n) is 3.63. The molecule has 1 N–H and O–H groups in total. The van der Waals surface area contributed by atoms with E-state index in [1.165, 1.54) is 23.5 Å². The highest BCUT2D eigenvalue weighted by atomic mass is 32.1. The van der Waals surface area contributed by atoms with Gasteiger partial charge < -0.3 is 5.32 Å². The Morgan fingerprint density at radius 1 is 1.56 bits per heavy atom. The van der Waals surface area contributed by atoms with E-state index in [4.69, 9.17) is 0 Å². The van der Waals surface area contributed by atoms with Gasteiger partial charge in [-0.2, -0.15) is 0 Å². The summed E-state index contributed by atoms with van der Waals surface area (Å²) in [5.74, 6) is -0.624. The van der Waals surface area contributed by atoms with Crippen molar-refractivity contribution in [1.29, 1.82) is 0 Å². The van der Waals surface area contributed by atoms with Gasteiger partial charge in [-0.15, -0.1) is 11.3 Å². The lowest BCUT2D eigenvalue weighted by Crippen LogP contribution is -2.02. The van der Waals surface area contributed by atoms with Gasteiger partial charge in [0.2, 0.25) is 0 Å². The first-order chi connectivity index (χ1) is 8.58. The quantitative estimate of drug-likeness (QED) is 0.682. The van der Waals surface area contributed by atoms with E-state index in [1.807, 2.05) is 6.92 Å². The Kier molecular flexibility index (Phi) is 3.52. The molecule has 94 valence electrons. The fourth-order valence-corrected chi connectivity index (χ4v) is 2.19. The van der Waals surface area contributed by atoms with E-state index >= 15 is 0 Å². The van der Waals surface area contributed by atoms with Gasteiger partial charge in [-0.3, -0.25) is 10.1 Å². The summed E-state index contributed by atoms with van der Waals surface area (Å²) in [7, 11) is 0. The molecule has 0 unspecified atom stereocenters. The minimum atomic E-state index is -0.624. The molecule has 18 heavy (non-hydrogen) atoms. The first-order valence-corrected chi connectivity index (χ1v) is 6.02. The minimum absolute atomic E-state index is 0.267. The maximum atomic E-state index is 12.9. The normalized spacial score (nSPS) is 10.3. The van der Waals surface area contributed by atoms with E-state index in [1.54, 1.807) is 5.51 Å². The molecule has 5 nitrogen and oxygen atoms in total. The summed E-state index contributed by atoms with van der Waals surface area (Å²) in [6, 6.07) is 3.46. The average molecular weight is 267 g/mol. The lowest BCUT2D eigenvalue weighted by atomic mass is 10.2. The number of thiazole rings is 1. The van der Waals surface area contributed by atoms with Crippen LogP contribution in [0.15, 0.2) is 23.7 Å². The molecule has 0 fully saturated rings. The van der Waals surface area contributed by atoms with Crippen molar-refractivity contribution < 1.29 is 9.31 Å². The average Bonchev–Trinajstić information content (AvgIpc) is 2.73. The molecule has 0 amide bonds. The number of hydrogen-bond donors (Lipinski definition) is 1. The predicted molar refractivity (Wildman–Crippen MR) is 67.2 cm³/mol. The molecule has 0 atom stereocenters. The van der Waals surface area contributed by atoms with Crippen LogP contribution in [0.1, 0.15) is 10.6 Å². The molecule has 0 radical (unpaired) electrons. The number of hydrogen-bond acceptors (Lipinski definition) is 5. The first kappa shape index (κ1) is 12.4. The zero-order valence-electron chi connectivity index (χ0n) is 9.51. The maximum Gasteiger partial charge on any atom is 0.295 e. The zero-order valence-corrected chi connectivity index (χ0v) is 10.3. The predicted octanol–water partition coefficient (Wildman–Crippen LogP) is 3.11. The van der Waals surface area contributed by atoms with Crippen LogP contribution < -0.4 is 5.32 Å². The monoisotopic (exact) mass is 267 g/mol. The Labute approximate surface area is 106 Å². The summed E-state index contributed by atoms with van der Waals surface area (Å²) >= 11 is 1.47. The Morgan fingerprint density at radius 3 is 2.94 bits per heavy atom. The van der Waals surface area contributed by atoms with Crippen molar-refractivity contribution in [1.82, 2.24) is 4.98 Å². The molecule has 1 aromatic carbocycles. The SMILES string of the molecule is Cc1ncsc1CNc1ccc(F)cc1[N+](=O)[O-]. The molecule has 0 saturated carbocycles. The van der Waals surface area contributed by atoms with Crippen molar-refractivity contribution >= 4 is 22.7 Å². The molecule has 1 aromatic heterocycles. The third kappa shape index (κ3) is 2.62. The molecule has 0 aliphatic carbocycles. The van der Waals surface area contributed by atoms with Gasteiger partial charge in [-0.05, 0) is 19.1 Å². The van der Waals surface area contributed by atoms with Gasteiger partial charge >= 0.3 is 0 Å². The Morgan fingerprint density at radius 2 is 2.33 bits per heavy atom. The van der Waals surface area contributed by atoms with Gasteiger partial charge in [-0.1, -0.05) is 0 Å². The van der Waals surface area contributed by atoms with E-state index in [0.29, 0.717) is 12.2 Å². The number of nitrogens with one attached hydrogen (secondary N) is 1. The Hall–Kier alpha value is -2.02. The van der Waals surface area contributed by atoms with Crippen LogP contribution >= 0.6 is 11.3 Å². The van der Waals surface area contributed by atoms with Gasteiger partial charge in [0.15, 0.2) is 0 Å². The van der Waals surface area contributed by atoms with E-state index in [-0.39, 0.29) is 5.69 Å². The zero-order chi connectivity index (χ0) is 13.1. The van der Waals surface area contributed by atoms with Crippen LogP contribution in [0.4, 0.5) is 15.8 Å². The number of nitro groups is 1. The van der Waals surface area contributed by atoms with Crippen LogP contribution in [0.3, 0.4) is 0 Å². The molecule has 0 spiro atoms. The van der Waals surface area contributed by atoms with Crippen LogP contribution in [0.5, 0.6) is 0 Å². The summed E-state index contributed by atoms with van der Waals surface area (Å²) < 4.78 is 12.9. The van der Waals surface area contributed by atoms with E-state index in [9.17, 15) is 14.5 Å². The van der Waals surface area contributed by atoms with Crippen molar-refractivity contribution in [3.63, 3.8) is 0 Å². The third-order valence-electron chi connectivity index (χ3n) is 2.44. The molecule has 1 heterocycles. The van der Waals surface area contributed by atoms with Crippen molar-refractivity contribution in [3.8, 4) is 0 Å². The number of rotatable bonds is 4. The maximum absolute atomic E-state index is 12.9. The summed E-state index contributed by atoms with van der Waals surface area (Å²) in [4.78, 5) is 15.3.